The summed E-state index contributed by atoms with van der Waals surface area (Å²) < 4.78 is 64.5. The predicted octanol–water partition coefficient (Wildman–Crippen LogP) is 5.60. The molecule has 0 aliphatic heterocycles. The Morgan fingerprint density at radius 1 is 1.13 bits per heavy atom. The summed E-state index contributed by atoms with van der Waals surface area (Å²) in [7, 11) is 0. The first kappa shape index (κ1) is 18.0. The van der Waals surface area contributed by atoms with Crippen LogP contribution in [0.2, 0.25) is 15.2 Å². The standard InChI is InChI=1S/C12H4Cl3F5N2O/c13-5-1-4(12(18,19)20)2-6(14)9(5)22-10(15)8(11(16)17)7(3-23)21-22/h1-3,11H. The lowest BCUT2D eigenvalue weighted by Gasteiger charge is -2.13. The zero-order chi connectivity index (χ0) is 17.5. The van der Waals surface area contributed by atoms with E-state index in [-0.39, 0.29) is 12.0 Å². The molecular weight excluding hydrogens is 389 g/mol. The summed E-state index contributed by atoms with van der Waals surface area (Å²) in [6.45, 7) is 0. The van der Waals surface area contributed by atoms with E-state index < -0.39 is 44.6 Å². The Labute approximate surface area is 140 Å². The van der Waals surface area contributed by atoms with Crippen molar-refractivity contribution in [2.75, 3.05) is 0 Å². The number of rotatable bonds is 3. The summed E-state index contributed by atoms with van der Waals surface area (Å²) in [6, 6.07) is 1.09. The Kier molecular flexibility index (Phi) is 4.89. The van der Waals surface area contributed by atoms with Gasteiger partial charge in [0.15, 0.2) is 6.29 Å². The maximum absolute atomic E-state index is 12.9. The van der Waals surface area contributed by atoms with Crippen molar-refractivity contribution in [1.29, 1.82) is 0 Å². The van der Waals surface area contributed by atoms with Gasteiger partial charge in [-0.1, -0.05) is 34.8 Å². The highest BCUT2D eigenvalue weighted by molar-refractivity contribution is 6.38. The molecule has 0 bridgehead atoms. The number of halogens is 8. The lowest BCUT2D eigenvalue weighted by atomic mass is 10.2. The average molecular weight is 394 g/mol. The fourth-order valence-electron chi connectivity index (χ4n) is 1.79. The summed E-state index contributed by atoms with van der Waals surface area (Å²) in [5, 5.41) is 1.80. The van der Waals surface area contributed by atoms with Crippen LogP contribution in [0.5, 0.6) is 0 Å². The summed E-state index contributed by atoms with van der Waals surface area (Å²) in [5.41, 5.74) is -3.02. The smallest absolute Gasteiger partial charge is 0.296 e. The van der Waals surface area contributed by atoms with Crippen LogP contribution in [0.15, 0.2) is 12.1 Å². The van der Waals surface area contributed by atoms with E-state index in [0.29, 0.717) is 16.8 Å². The van der Waals surface area contributed by atoms with Gasteiger partial charge in [0.05, 0.1) is 21.2 Å². The number of benzene rings is 1. The minimum atomic E-state index is -4.71. The van der Waals surface area contributed by atoms with Crippen molar-refractivity contribution in [2.24, 2.45) is 0 Å². The lowest BCUT2D eigenvalue weighted by Crippen LogP contribution is -2.07. The van der Waals surface area contributed by atoms with Gasteiger partial charge in [-0.2, -0.15) is 18.3 Å². The molecule has 0 N–H and O–H groups in total. The van der Waals surface area contributed by atoms with Gasteiger partial charge in [0.25, 0.3) is 6.43 Å². The van der Waals surface area contributed by atoms with E-state index in [1.807, 2.05) is 0 Å². The van der Waals surface area contributed by atoms with Crippen LogP contribution in [0.4, 0.5) is 22.0 Å². The summed E-state index contributed by atoms with van der Waals surface area (Å²) in [6.07, 6.45) is -7.79. The first-order chi connectivity index (χ1) is 10.6. The molecule has 1 aromatic heterocycles. The van der Waals surface area contributed by atoms with Gasteiger partial charge in [-0.25, -0.2) is 13.5 Å². The molecule has 0 aliphatic rings. The second kappa shape index (κ2) is 6.26. The highest BCUT2D eigenvalue weighted by Crippen LogP contribution is 2.40. The van der Waals surface area contributed by atoms with E-state index in [9.17, 15) is 26.7 Å². The van der Waals surface area contributed by atoms with Gasteiger partial charge in [0, 0.05) is 0 Å². The van der Waals surface area contributed by atoms with Gasteiger partial charge in [0.2, 0.25) is 0 Å². The van der Waals surface area contributed by atoms with Gasteiger partial charge in [0.1, 0.15) is 16.5 Å². The molecule has 2 rings (SSSR count). The molecule has 1 aromatic carbocycles. The quantitative estimate of drug-likeness (QED) is 0.502. The molecule has 0 aliphatic carbocycles. The van der Waals surface area contributed by atoms with Crippen LogP contribution in [-0.2, 0) is 6.18 Å². The molecule has 0 atom stereocenters. The number of alkyl halides is 5. The molecule has 2 aromatic rings. The molecule has 0 spiro atoms. The molecule has 0 saturated carbocycles. The molecule has 1 heterocycles. The van der Waals surface area contributed by atoms with E-state index in [2.05, 4.69) is 5.10 Å². The Hall–Kier alpha value is -1.38. The predicted molar refractivity (Wildman–Crippen MR) is 73.9 cm³/mol. The van der Waals surface area contributed by atoms with Gasteiger partial charge < -0.3 is 0 Å². The monoisotopic (exact) mass is 392 g/mol. The number of hydrogen-bond acceptors (Lipinski definition) is 2. The number of aromatic nitrogens is 2. The minimum Gasteiger partial charge on any atom is -0.296 e. The third-order valence-corrected chi connectivity index (χ3v) is 3.72. The summed E-state index contributed by atoms with van der Waals surface area (Å²) in [5.74, 6) is 0. The van der Waals surface area contributed by atoms with Crippen LogP contribution in [0.3, 0.4) is 0 Å². The Morgan fingerprint density at radius 3 is 2.00 bits per heavy atom. The number of hydrogen-bond donors (Lipinski definition) is 0. The van der Waals surface area contributed by atoms with Crippen molar-refractivity contribution in [3.05, 3.63) is 44.2 Å². The SMILES string of the molecule is O=Cc1nn(-c2c(Cl)cc(C(F)(F)F)cc2Cl)c(Cl)c1C(F)F. The van der Waals surface area contributed by atoms with Crippen LogP contribution < -0.4 is 0 Å². The number of carbonyl (C=O) groups is 1. The molecule has 0 fully saturated rings. The van der Waals surface area contributed by atoms with Gasteiger partial charge in [-0.3, -0.25) is 4.79 Å². The molecule has 0 amide bonds. The van der Waals surface area contributed by atoms with Crippen molar-refractivity contribution in [3.8, 4) is 5.69 Å². The molecule has 0 radical (unpaired) electrons. The number of aldehydes is 1. The van der Waals surface area contributed by atoms with Crippen LogP contribution in [0, 0.1) is 0 Å². The Balaban J connectivity index is 2.71. The molecule has 0 unspecified atom stereocenters. The van der Waals surface area contributed by atoms with E-state index in [1.165, 1.54) is 0 Å². The highest BCUT2D eigenvalue weighted by atomic mass is 35.5. The van der Waals surface area contributed by atoms with Gasteiger partial charge in [-0.15, -0.1) is 0 Å². The molecule has 11 heteroatoms. The van der Waals surface area contributed by atoms with E-state index in [1.54, 1.807) is 0 Å². The first-order valence-corrected chi connectivity index (χ1v) is 6.79. The van der Waals surface area contributed by atoms with E-state index in [0.717, 1.165) is 0 Å². The van der Waals surface area contributed by atoms with Crippen LogP contribution in [0.25, 0.3) is 5.69 Å². The molecular formula is C12H4Cl3F5N2O. The minimum absolute atomic E-state index is 0.0375. The van der Waals surface area contributed by atoms with Crippen LogP contribution in [-0.4, -0.2) is 16.1 Å². The van der Waals surface area contributed by atoms with Crippen molar-refractivity contribution >= 4 is 41.1 Å². The molecule has 0 saturated heterocycles. The van der Waals surface area contributed by atoms with Gasteiger partial charge in [-0.05, 0) is 12.1 Å². The molecule has 124 valence electrons. The topological polar surface area (TPSA) is 34.9 Å². The summed E-state index contributed by atoms with van der Waals surface area (Å²) in [4.78, 5) is 10.8. The fraction of sp³-hybridized carbons (Fsp3) is 0.167. The molecule has 3 nitrogen and oxygen atoms in total. The number of carbonyl (C=O) groups excluding carboxylic acids is 1. The zero-order valence-corrected chi connectivity index (χ0v) is 12.9. The lowest BCUT2D eigenvalue weighted by molar-refractivity contribution is -0.137. The third-order valence-electron chi connectivity index (χ3n) is 2.78. The normalized spacial score (nSPS) is 12.0. The first-order valence-electron chi connectivity index (χ1n) is 5.66. The zero-order valence-electron chi connectivity index (χ0n) is 10.6. The second-order valence-corrected chi connectivity index (χ2v) is 5.38. The summed E-state index contributed by atoms with van der Waals surface area (Å²) >= 11 is 17.2. The maximum atomic E-state index is 12.9. The van der Waals surface area contributed by atoms with Crippen LogP contribution in [0.1, 0.15) is 28.0 Å². The van der Waals surface area contributed by atoms with Gasteiger partial charge >= 0.3 is 6.18 Å². The van der Waals surface area contributed by atoms with Crippen molar-refractivity contribution < 1.29 is 26.7 Å². The Bertz CT molecular complexity index is 750. The number of nitrogens with zero attached hydrogens (tertiary/aromatic N) is 2. The molecule has 23 heavy (non-hydrogen) atoms. The average Bonchev–Trinajstić information content (AvgIpc) is 2.74. The van der Waals surface area contributed by atoms with Crippen LogP contribution >= 0.6 is 34.8 Å². The second-order valence-electron chi connectivity index (χ2n) is 4.21. The Morgan fingerprint density at radius 2 is 1.65 bits per heavy atom. The van der Waals surface area contributed by atoms with Crippen molar-refractivity contribution in [2.45, 2.75) is 12.6 Å². The maximum Gasteiger partial charge on any atom is 0.416 e. The third kappa shape index (κ3) is 3.29. The van der Waals surface area contributed by atoms with E-state index in [4.69, 9.17) is 34.8 Å². The highest BCUT2D eigenvalue weighted by Gasteiger charge is 2.33. The fourth-order valence-corrected chi connectivity index (χ4v) is 2.74. The largest absolute Gasteiger partial charge is 0.416 e. The van der Waals surface area contributed by atoms with Crippen molar-refractivity contribution in [3.63, 3.8) is 0 Å². The van der Waals surface area contributed by atoms with E-state index >= 15 is 0 Å². The van der Waals surface area contributed by atoms with Crippen molar-refractivity contribution in [1.82, 2.24) is 9.78 Å².